The molecule has 4 atom stereocenters. The van der Waals surface area contributed by atoms with Crippen molar-refractivity contribution >= 4 is 6.21 Å². The standard InChI is InChI=1S/C26H33NO2/c1-17-12-19(15-27-23(16-28)18-8-6-5-7-9-18)24(29)21(13-17)22-14-20-10-11-26(22,4)25(20,2)3/h5-9,12-13,15,20,22-23,28-29H,10-11,14,16H2,1-4H3/t20-,22+,23+,26+/m1/s1. The Kier molecular flexibility index (Phi) is 5.06. The van der Waals surface area contributed by atoms with E-state index in [0.717, 1.165) is 34.6 Å². The van der Waals surface area contributed by atoms with Gasteiger partial charge in [0.1, 0.15) is 5.75 Å². The molecule has 3 nitrogen and oxygen atoms in total. The molecule has 3 heteroatoms. The summed E-state index contributed by atoms with van der Waals surface area (Å²) in [4.78, 5) is 4.61. The molecule has 2 N–H and O–H groups in total. The Balaban J connectivity index is 1.68. The van der Waals surface area contributed by atoms with Gasteiger partial charge in [-0.25, -0.2) is 0 Å². The van der Waals surface area contributed by atoms with Gasteiger partial charge in [-0.1, -0.05) is 57.2 Å². The molecule has 2 bridgehead atoms. The van der Waals surface area contributed by atoms with Crippen LogP contribution in [-0.2, 0) is 0 Å². The Morgan fingerprint density at radius 3 is 2.48 bits per heavy atom. The first kappa shape index (κ1) is 20.2. The number of nitrogens with zero attached hydrogens (tertiary/aromatic N) is 1. The minimum Gasteiger partial charge on any atom is -0.507 e. The van der Waals surface area contributed by atoms with Crippen LogP contribution in [0, 0.1) is 23.7 Å². The number of aliphatic imine (C=N–C) groups is 1. The summed E-state index contributed by atoms with van der Waals surface area (Å²) in [7, 11) is 0. The lowest BCUT2D eigenvalue weighted by atomic mass is 9.64. The Labute approximate surface area is 174 Å². The number of benzene rings is 2. The highest BCUT2D eigenvalue weighted by Crippen LogP contribution is 2.71. The highest BCUT2D eigenvalue weighted by atomic mass is 16.3. The predicted octanol–water partition coefficient (Wildman–Crippen LogP) is 5.78. The van der Waals surface area contributed by atoms with E-state index in [1.54, 1.807) is 6.21 Å². The molecular weight excluding hydrogens is 358 g/mol. The molecule has 0 spiro atoms. The smallest absolute Gasteiger partial charge is 0.127 e. The topological polar surface area (TPSA) is 52.8 Å². The van der Waals surface area contributed by atoms with Crippen molar-refractivity contribution in [2.45, 2.75) is 58.9 Å². The maximum atomic E-state index is 11.2. The molecule has 29 heavy (non-hydrogen) atoms. The predicted molar refractivity (Wildman–Crippen MR) is 119 cm³/mol. The molecule has 154 valence electrons. The molecule has 4 rings (SSSR count). The second-order valence-corrected chi connectivity index (χ2v) is 9.84. The van der Waals surface area contributed by atoms with Gasteiger partial charge < -0.3 is 10.2 Å². The largest absolute Gasteiger partial charge is 0.507 e. The lowest BCUT2D eigenvalue weighted by Crippen LogP contribution is -2.31. The van der Waals surface area contributed by atoms with Gasteiger partial charge in [-0.15, -0.1) is 0 Å². The summed E-state index contributed by atoms with van der Waals surface area (Å²) in [6.45, 7) is 9.26. The van der Waals surface area contributed by atoms with Gasteiger partial charge in [0.15, 0.2) is 0 Å². The Hall–Kier alpha value is -2.13. The van der Waals surface area contributed by atoms with Crippen LogP contribution in [-0.4, -0.2) is 23.0 Å². The van der Waals surface area contributed by atoms with E-state index >= 15 is 0 Å². The number of hydrogen-bond donors (Lipinski definition) is 2. The van der Waals surface area contributed by atoms with E-state index < -0.39 is 0 Å². The summed E-state index contributed by atoms with van der Waals surface area (Å²) in [5, 5.41) is 21.0. The third-order valence-electron chi connectivity index (χ3n) is 8.23. The highest BCUT2D eigenvalue weighted by molar-refractivity contribution is 5.85. The second kappa shape index (κ2) is 7.28. The summed E-state index contributed by atoms with van der Waals surface area (Å²) >= 11 is 0. The van der Waals surface area contributed by atoms with Crippen LogP contribution in [0.1, 0.15) is 74.2 Å². The molecule has 0 aromatic heterocycles. The van der Waals surface area contributed by atoms with Crippen LogP contribution >= 0.6 is 0 Å². The van der Waals surface area contributed by atoms with Crippen LogP contribution in [0.25, 0.3) is 0 Å². The zero-order valence-electron chi connectivity index (χ0n) is 18.0. The molecule has 2 aromatic carbocycles. The van der Waals surface area contributed by atoms with Gasteiger partial charge in [-0.3, -0.25) is 4.99 Å². The SMILES string of the molecule is Cc1cc(C=N[C@@H](CO)c2ccccc2)c(O)c([C@@H]2C[C@H]3CC[C@]2(C)C3(C)C)c1. The fourth-order valence-electron chi connectivity index (χ4n) is 5.96. The Morgan fingerprint density at radius 1 is 1.17 bits per heavy atom. The number of aliphatic hydroxyl groups is 1. The van der Waals surface area contributed by atoms with E-state index in [9.17, 15) is 10.2 Å². The van der Waals surface area contributed by atoms with Crippen LogP contribution in [0.3, 0.4) is 0 Å². The average molecular weight is 392 g/mol. The van der Waals surface area contributed by atoms with Gasteiger partial charge in [-0.2, -0.15) is 0 Å². The average Bonchev–Trinajstić information content (AvgIpc) is 3.05. The molecule has 0 saturated heterocycles. The zero-order chi connectivity index (χ0) is 20.8. The summed E-state index contributed by atoms with van der Waals surface area (Å²) in [5.41, 5.74) is 4.46. The van der Waals surface area contributed by atoms with Crippen LogP contribution in [0.4, 0.5) is 0 Å². The third-order valence-corrected chi connectivity index (χ3v) is 8.23. The molecule has 0 aliphatic heterocycles. The first-order valence-electron chi connectivity index (χ1n) is 10.8. The number of aromatic hydroxyl groups is 1. The monoisotopic (exact) mass is 391 g/mol. The molecule has 0 amide bonds. The lowest BCUT2D eigenvalue weighted by Gasteiger charge is -2.40. The summed E-state index contributed by atoms with van der Waals surface area (Å²) in [6.07, 6.45) is 5.42. The van der Waals surface area contributed by atoms with E-state index in [4.69, 9.17) is 0 Å². The molecule has 2 fully saturated rings. The minimum absolute atomic E-state index is 0.0590. The summed E-state index contributed by atoms with van der Waals surface area (Å²) in [5.74, 6) is 1.47. The van der Waals surface area contributed by atoms with Crippen molar-refractivity contribution in [3.05, 3.63) is 64.7 Å². The number of phenolic OH excluding ortho intramolecular Hbond substituents is 1. The molecule has 0 radical (unpaired) electrons. The van der Waals surface area contributed by atoms with Crippen LogP contribution in [0.5, 0.6) is 5.75 Å². The third kappa shape index (κ3) is 3.20. The van der Waals surface area contributed by atoms with Crippen molar-refractivity contribution in [2.24, 2.45) is 21.7 Å². The maximum absolute atomic E-state index is 11.2. The minimum atomic E-state index is -0.321. The quantitative estimate of drug-likeness (QED) is 0.635. The Morgan fingerprint density at radius 2 is 1.90 bits per heavy atom. The molecule has 2 aliphatic carbocycles. The van der Waals surface area contributed by atoms with Crippen molar-refractivity contribution in [1.29, 1.82) is 0 Å². The van der Waals surface area contributed by atoms with E-state index in [1.807, 2.05) is 36.4 Å². The molecular formula is C26H33NO2. The molecule has 0 heterocycles. The van der Waals surface area contributed by atoms with Crippen molar-refractivity contribution < 1.29 is 10.2 Å². The van der Waals surface area contributed by atoms with E-state index in [0.29, 0.717) is 17.1 Å². The first-order chi connectivity index (χ1) is 13.8. The second-order valence-electron chi connectivity index (χ2n) is 9.84. The van der Waals surface area contributed by atoms with Gasteiger partial charge in [0.2, 0.25) is 0 Å². The molecule has 2 aliphatic rings. The fraction of sp³-hybridized carbons (Fsp3) is 0.500. The zero-order valence-corrected chi connectivity index (χ0v) is 18.0. The Bertz CT molecular complexity index is 918. The van der Waals surface area contributed by atoms with Crippen molar-refractivity contribution in [1.82, 2.24) is 0 Å². The molecule has 2 aromatic rings. The maximum Gasteiger partial charge on any atom is 0.127 e. The van der Waals surface area contributed by atoms with Gasteiger partial charge >= 0.3 is 0 Å². The van der Waals surface area contributed by atoms with Crippen LogP contribution < -0.4 is 0 Å². The van der Waals surface area contributed by atoms with Crippen molar-refractivity contribution in [3.63, 3.8) is 0 Å². The number of aliphatic hydroxyl groups excluding tert-OH is 1. The van der Waals surface area contributed by atoms with Crippen LogP contribution in [0.2, 0.25) is 0 Å². The number of phenols is 1. The van der Waals surface area contributed by atoms with Crippen molar-refractivity contribution in [3.8, 4) is 5.75 Å². The summed E-state index contributed by atoms with van der Waals surface area (Å²) in [6, 6.07) is 13.6. The molecule has 0 unspecified atom stereocenters. The van der Waals surface area contributed by atoms with Gasteiger partial charge in [0.25, 0.3) is 0 Å². The number of aryl methyl sites for hydroxylation is 1. The van der Waals surface area contributed by atoms with Crippen molar-refractivity contribution in [2.75, 3.05) is 6.61 Å². The number of rotatable bonds is 5. The highest BCUT2D eigenvalue weighted by Gasteiger charge is 2.61. The van der Waals surface area contributed by atoms with E-state index in [-0.39, 0.29) is 18.1 Å². The van der Waals surface area contributed by atoms with E-state index in [2.05, 4.69) is 38.8 Å². The van der Waals surface area contributed by atoms with Crippen LogP contribution in [0.15, 0.2) is 47.5 Å². The fourth-order valence-corrected chi connectivity index (χ4v) is 5.96. The van der Waals surface area contributed by atoms with Gasteiger partial charge in [-0.05, 0) is 71.6 Å². The van der Waals surface area contributed by atoms with Gasteiger partial charge in [0, 0.05) is 11.8 Å². The number of fused-ring (bicyclic) bond motifs is 2. The first-order valence-corrected chi connectivity index (χ1v) is 10.8. The lowest BCUT2D eigenvalue weighted by molar-refractivity contribution is 0.133. The normalized spacial score (nSPS) is 28.9. The van der Waals surface area contributed by atoms with E-state index in [1.165, 1.54) is 12.8 Å². The molecule has 2 saturated carbocycles. The van der Waals surface area contributed by atoms with Gasteiger partial charge in [0.05, 0.1) is 12.6 Å². The number of hydrogen-bond acceptors (Lipinski definition) is 3. The summed E-state index contributed by atoms with van der Waals surface area (Å²) < 4.78 is 0.